The fourth-order valence-electron chi connectivity index (χ4n) is 2.49. The molecule has 136 valence electrons. The van der Waals surface area contributed by atoms with Gasteiger partial charge in [0.05, 0.1) is 5.56 Å². The van der Waals surface area contributed by atoms with E-state index in [0.717, 1.165) is 16.8 Å². The second-order valence-corrected chi connectivity index (χ2v) is 5.54. The first-order valence-corrected chi connectivity index (χ1v) is 7.83. The number of pyridine rings is 2. The van der Waals surface area contributed by atoms with E-state index in [9.17, 15) is 13.2 Å². The number of alkyl halides is 2. The van der Waals surface area contributed by atoms with E-state index >= 15 is 0 Å². The van der Waals surface area contributed by atoms with Crippen molar-refractivity contribution in [1.29, 1.82) is 0 Å². The fourth-order valence-corrected chi connectivity index (χ4v) is 2.49. The molecule has 0 unspecified atom stereocenters. The SMILES string of the molecule is Fc1cc(-c2nnc(C(F)F)o2)cnc1COc1cccc2ccncc12. The van der Waals surface area contributed by atoms with Crippen molar-refractivity contribution in [2.45, 2.75) is 13.0 Å². The molecule has 0 saturated heterocycles. The maximum atomic E-state index is 14.3. The first-order valence-electron chi connectivity index (χ1n) is 7.83. The van der Waals surface area contributed by atoms with Crippen LogP contribution in [0.2, 0.25) is 0 Å². The molecule has 27 heavy (non-hydrogen) atoms. The minimum atomic E-state index is -2.90. The molecular weight excluding hydrogens is 361 g/mol. The van der Waals surface area contributed by atoms with Crippen LogP contribution in [-0.2, 0) is 6.61 Å². The van der Waals surface area contributed by atoms with Gasteiger partial charge in [-0.1, -0.05) is 12.1 Å². The van der Waals surface area contributed by atoms with Gasteiger partial charge in [0.1, 0.15) is 23.9 Å². The van der Waals surface area contributed by atoms with Crippen molar-refractivity contribution in [3.63, 3.8) is 0 Å². The summed E-state index contributed by atoms with van der Waals surface area (Å²) in [7, 11) is 0. The third kappa shape index (κ3) is 3.43. The zero-order valence-corrected chi connectivity index (χ0v) is 13.6. The van der Waals surface area contributed by atoms with Crippen molar-refractivity contribution in [2.75, 3.05) is 0 Å². The number of halogens is 3. The van der Waals surface area contributed by atoms with E-state index in [-0.39, 0.29) is 23.8 Å². The van der Waals surface area contributed by atoms with E-state index < -0.39 is 18.1 Å². The normalized spacial score (nSPS) is 11.3. The van der Waals surface area contributed by atoms with E-state index in [1.54, 1.807) is 18.5 Å². The highest BCUT2D eigenvalue weighted by atomic mass is 19.3. The van der Waals surface area contributed by atoms with Crippen LogP contribution in [0.3, 0.4) is 0 Å². The molecule has 4 rings (SSSR count). The van der Waals surface area contributed by atoms with Crippen LogP contribution in [0.4, 0.5) is 13.2 Å². The summed E-state index contributed by atoms with van der Waals surface area (Å²) in [4.78, 5) is 8.03. The Balaban J connectivity index is 1.54. The zero-order chi connectivity index (χ0) is 18.8. The van der Waals surface area contributed by atoms with Crippen LogP contribution >= 0.6 is 0 Å². The van der Waals surface area contributed by atoms with E-state index in [0.29, 0.717) is 5.75 Å². The van der Waals surface area contributed by atoms with Crippen LogP contribution in [0.15, 0.2) is 53.3 Å². The number of hydrogen-bond donors (Lipinski definition) is 0. The summed E-state index contributed by atoms with van der Waals surface area (Å²) in [5.74, 6) is -1.20. The summed E-state index contributed by atoms with van der Waals surface area (Å²) in [5, 5.41) is 8.40. The van der Waals surface area contributed by atoms with Crippen LogP contribution in [0.25, 0.3) is 22.2 Å². The van der Waals surface area contributed by atoms with Gasteiger partial charge < -0.3 is 9.15 Å². The van der Waals surface area contributed by atoms with E-state index in [4.69, 9.17) is 9.15 Å². The zero-order valence-electron chi connectivity index (χ0n) is 13.6. The predicted octanol–water partition coefficient (Wildman–Crippen LogP) is 4.34. The van der Waals surface area contributed by atoms with Gasteiger partial charge in [-0.2, -0.15) is 8.78 Å². The number of aromatic nitrogens is 4. The Hall–Kier alpha value is -3.49. The Kier molecular flexibility index (Phi) is 4.41. The molecule has 1 aromatic carbocycles. The molecule has 3 heterocycles. The van der Waals surface area contributed by atoms with E-state index in [1.807, 2.05) is 18.2 Å². The second-order valence-electron chi connectivity index (χ2n) is 5.54. The lowest BCUT2D eigenvalue weighted by molar-refractivity contribution is 0.116. The molecule has 4 aromatic rings. The van der Waals surface area contributed by atoms with E-state index in [1.165, 1.54) is 6.20 Å². The molecule has 0 atom stereocenters. The van der Waals surface area contributed by atoms with Gasteiger partial charge in [-0.15, -0.1) is 10.2 Å². The number of nitrogens with zero attached hydrogens (tertiary/aromatic N) is 4. The van der Waals surface area contributed by atoms with E-state index in [2.05, 4.69) is 20.2 Å². The highest BCUT2D eigenvalue weighted by Gasteiger charge is 2.18. The smallest absolute Gasteiger partial charge is 0.314 e. The van der Waals surface area contributed by atoms with Crippen LogP contribution in [0.1, 0.15) is 18.0 Å². The molecule has 3 aromatic heterocycles. The summed E-state index contributed by atoms with van der Waals surface area (Å²) in [5.41, 5.74) is 0.151. The molecule has 0 radical (unpaired) electrons. The van der Waals surface area contributed by atoms with Crippen molar-refractivity contribution >= 4 is 10.8 Å². The Morgan fingerprint density at radius 3 is 2.78 bits per heavy atom. The molecule has 0 aliphatic rings. The van der Waals surface area contributed by atoms with Gasteiger partial charge in [-0.3, -0.25) is 9.97 Å². The minimum Gasteiger partial charge on any atom is -0.486 e. The predicted molar refractivity (Wildman–Crippen MR) is 88.5 cm³/mol. The maximum absolute atomic E-state index is 14.3. The van der Waals surface area contributed by atoms with Crippen molar-refractivity contribution < 1.29 is 22.3 Å². The number of ether oxygens (including phenoxy) is 1. The molecule has 9 heteroatoms. The fraction of sp³-hybridized carbons (Fsp3) is 0.111. The molecule has 0 amide bonds. The maximum Gasteiger partial charge on any atom is 0.314 e. The number of hydrogen-bond acceptors (Lipinski definition) is 6. The number of rotatable bonds is 5. The van der Waals surface area contributed by atoms with Gasteiger partial charge in [0.15, 0.2) is 0 Å². The molecule has 0 N–H and O–H groups in total. The van der Waals surface area contributed by atoms with Crippen molar-refractivity contribution in [3.05, 3.63) is 66.3 Å². The number of benzene rings is 1. The monoisotopic (exact) mass is 372 g/mol. The van der Waals surface area contributed by atoms with Crippen molar-refractivity contribution in [2.24, 2.45) is 0 Å². The summed E-state index contributed by atoms with van der Waals surface area (Å²) in [6, 6.07) is 8.41. The first kappa shape index (κ1) is 17.0. The molecule has 0 aliphatic carbocycles. The average molecular weight is 372 g/mol. The van der Waals surface area contributed by atoms with Gasteiger partial charge in [-0.25, -0.2) is 4.39 Å². The molecular formula is C18H11F3N4O2. The van der Waals surface area contributed by atoms with Gasteiger partial charge in [0.2, 0.25) is 5.89 Å². The lowest BCUT2D eigenvalue weighted by atomic mass is 10.1. The summed E-state index contributed by atoms with van der Waals surface area (Å²) in [6.07, 6.45) is 1.69. The quantitative estimate of drug-likeness (QED) is 0.519. The van der Waals surface area contributed by atoms with Gasteiger partial charge in [0, 0.05) is 24.0 Å². The summed E-state index contributed by atoms with van der Waals surface area (Å²) < 4.78 is 49.8. The van der Waals surface area contributed by atoms with Gasteiger partial charge >= 0.3 is 6.43 Å². The highest BCUT2D eigenvalue weighted by molar-refractivity contribution is 5.87. The lowest BCUT2D eigenvalue weighted by Gasteiger charge is -2.09. The van der Waals surface area contributed by atoms with Crippen molar-refractivity contribution in [1.82, 2.24) is 20.2 Å². The molecule has 0 saturated carbocycles. The number of fused-ring (bicyclic) bond motifs is 1. The lowest BCUT2D eigenvalue weighted by Crippen LogP contribution is -2.02. The van der Waals surface area contributed by atoms with Crippen LogP contribution < -0.4 is 4.74 Å². The molecule has 0 fully saturated rings. The minimum absolute atomic E-state index is 0.0493. The molecule has 0 bridgehead atoms. The molecule has 0 aliphatic heterocycles. The second kappa shape index (κ2) is 7.02. The van der Waals surface area contributed by atoms with Gasteiger partial charge in [-0.05, 0) is 23.6 Å². The van der Waals surface area contributed by atoms with Crippen LogP contribution in [-0.4, -0.2) is 20.2 Å². The Bertz CT molecular complexity index is 1100. The molecule has 0 spiro atoms. The standard InChI is InChI=1S/C18H11F3N4O2/c19-13-6-11(17-24-25-18(27-17)16(20)21)7-23-14(13)9-26-15-3-1-2-10-4-5-22-8-12(10)15/h1-8,16H,9H2. The average Bonchev–Trinajstić information content (AvgIpc) is 3.17. The first-order chi connectivity index (χ1) is 13.1. The van der Waals surface area contributed by atoms with Gasteiger partial charge in [0.25, 0.3) is 5.89 Å². The summed E-state index contributed by atoms with van der Waals surface area (Å²) >= 11 is 0. The van der Waals surface area contributed by atoms with Crippen LogP contribution in [0.5, 0.6) is 5.75 Å². The third-order valence-electron chi connectivity index (χ3n) is 3.80. The third-order valence-corrected chi connectivity index (χ3v) is 3.80. The Morgan fingerprint density at radius 1 is 1.11 bits per heavy atom. The highest BCUT2D eigenvalue weighted by Crippen LogP contribution is 2.26. The largest absolute Gasteiger partial charge is 0.486 e. The van der Waals surface area contributed by atoms with Crippen molar-refractivity contribution in [3.8, 4) is 17.2 Å². The Morgan fingerprint density at radius 2 is 2.00 bits per heavy atom. The van der Waals surface area contributed by atoms with Crippen LogP contribution in [0, 0.1) is 5.82 Å². The summed E-state index contributed by atoms with van der Waals surface area (Å²) in [6.45, 7) is -0.119. The molecule has 6 nitrogen and oxygen atoms in total. The topological polar surface area (TPSA) is 73.9 Å². The Labute approximate surface area is 150 Å².